The van der Waals surface area contributed by atoms with Crippen LogP contribution in [0, 0.1) is 17.3 Å². The van der Waals surface area contributed by atoms with Crippen molar-refractivity contribution < 1.29 is 19.5 Å². The highest BCUT2D eigenvalue weighted by molar-refractivity contribution is 5.92. The van der Waals surface area contributed by atoms with Crippen molar-refractivity contribution in [2.24, 2.45) is 23.0 Å². The van der Waals surface area contributed by atoms with Gasteiger partial charge in [0.2, 0.25) is 11.8 Å². The predicted octanol–water partition coefficient (Wildman–Crippen LogP) is 1.04. The van der Waals surface area contributed by atoms with Crippen molar-refractivity contribution in [1.29, 1.82) is 0 Å². The molecule has 8 nitrogen and oxygen atoms in total. The average Bonchev–Trinajstić information content (AvgIpc) is 3.26. The van der Waals surface area contributed by atoms with Gasteiger partial charge in [0.15, 0.2) is 6.10 Å². The minimum Gasteiger partial charge on any atom is -0.381 e. The summed E-state index contributed by atoms with van der Waals surface area (Å²) in [6.45, 7) is 8.24. The Morgan fingerprint density at radius 2 is 1.97 bits per heavy atom. The van der Waals surface area contributed by atoms with Crippen LogP contribution in [-0.4, -0.2) is 58.5 Å². The third-order valence-corrected chi connectivity index (χ3v) is 6.91. The minimum atomic E-state index is -1.34. The molecule has 2 aliphatic carbocycles. The number of nitrogens with zero attached hydrogens (tertiary/aromatic N) is 1. The van der Waals surface area contributed by atoms with Gasteiger partial charge in [0.25, 0.3) is 5.91 Å². The van der Waals surface area contributed by atoms with Gasteiger partial charge in [0.05, 0.1) is 12.1 Å². The SMILES string of the molecule is CCCC(NC(=O)C1C2CCCC2CN1C(=O)C(N)C(C)(C)C)C(O)C(=O)NC1=CC1. The summed E-state index contributed by atoms with van der Waals surface area (Å²) in [5.41, 5.74) is 6.64. The summed E-state index contributed by atoms with van der Waals surface area (Å²) in [5.74, 6) is -0.601. The quantitative estimate of drug-likeness (QED) is 0.454. The molecule has 8 heteroatoms. The molecule has 31 heavy (non-hydrogen) atoms. The second kappa shape index (κ2) is 9.28. The van der Waals surface area contributed by atoms with E-state index in [1.54, 1.807) is 4.90 Å². The van der Waals surface area contributed by atoms with Gasteiger partial charge in [-0.25, -0.2) is 0 Å². The van der Waals surface area contributed by atoms with Crippen molar-refractivity contribution in [3.05, 3.63) is 11.8 Å². The lowest BCUT2D eigenvalue weighted by atomic mass is 9.86. The summed E-state index contributed by atoms with van der Waals surface area (Å²) in [5, 5.41) is 16.2. The molecule has 3 aliphatic rings. The number of hydrogen-bond acceptors (Lipinski definition) is 5. The van der Waals surface area contributed by atoms with Crippen LogP contribution in [0.1, 0.15) is 66.2 Å². The summed E-state index contributed by atoms with van der Waals surface area (Å²) in [6.07, 6.45) is 5.35. The van der Waals surface area contributed by atoms with Crippen molar-refractivity contribution in [2.75, 3.05) is 6.54 Å². The van der Waals surface area contributed by atoms with E-state index >= 15 is 0 Å². The molecule has 0 aromatic carbocycles. The van der Waals surface area contributed by atoms with Crippen LogP contribution in [0.25, 0.3) is 0 Å². The monoisotopic (exact) mass is 434 g/mol. The molecule has 0 spiro atoms. The number of fused-ring (bicyclic) bond motifs is 1. The van der Waals surface area contributed by atoms with Crippen LogP contribution in [0.4, 0.5) is 0 Å². The topological polar surface area (TPSA) is 125 Å². The van der Waals surface area contributed by atoms with Crippen LogP contribution in [0.15, 0.2) is 11.8 Å². The number of aliphatic hydroxyl groups excluding tert-OH is 1. The molecule has 1 aliphatic heterocycles. The summed E-state index contributed by atoms with van der Waals surface area (Å²) >= 11 is 0. The molecule has 3 rings (SSSR count). The number of rotatable bonds is 8. The lowest BCUT2D eigenvalue weighted by Gasteiger charge is -2.34. The standard InChI is InChI=1S/C23H38N4O4/c1-5-7-16(18(28)21(30)25-14-10-11-14)26-20(29)17-15-9-6-8-13(15)12-27(17)22(31)19(24)23(2,3)4/h10,13,15-19,28H,5-9,11-12,24H2,1-4H3,(H,25,30)(H,26,29). The van der Waals surface area contributed by atoms with Gasteiger partial charge in [-0.15, -0.1) is 0 Å². The van der Waals surface area contributed by atoms with Crippen molar-refractivity contribution in [1.82, 2.24) is 15.5 Å². The molecule has 6 unspecified atom stereocenters. The summed E-state index contributed by atoms with van der Waals surface area (Å²) in [4.78, 5) is 40.6. The van der Waals surface area contributed by atoms with Gasteiger partial charge in [-0.3, -0.25) is 14.4 Å². The van der Waals surface area contributed by atoms with Gasteiger partial charge in [0, 0.05) is 18.7 Å². The first-order valence-corrected chi connectivity index (χ1v) is 11.6. The lowest BCUT2D eigenvalue weighted by Crippen LogP contribution is -2.58. The third-order valence-electron chi connectivity index (χ3n) is 6.91. The fourth-order valence-corrected chi connectivity index (χ4v) is 4.87. The van der Waals surface area contributed by atoms with Crippen molar-refractivity contribution in [2.45, 2.75) is 90.4 Å². The van der Waals surface area contributed by atoms with E-state index in [-0.39, 0.29) is 17.7 Å². The first-order valence-electron chi connectivity index (χ1n) is 11.6. The van der Waals surface area contributed by atoms with E-state index in [0.717, 1.165) is 31.4 Å². The van der Waals surface area contributed by atoms with Crippen molar-refractivity contribution in [3.63, 3.8) is 0 Å². The Balaban J connectivity index is 1.75. The number of carbonyl (C=O) groups is 3. The second-order valence-corrected chi connectivity index (χ2v) is 10.4. The van der Waals surface area contributed by atoms with Crippen molar-refractivity contribution >= 4 is 17.7 Å². The highest BCUT2D eigenvalue weighted by atomic mass is 16.3. The number of hydrogen-bond donors (Lipinski definition) is 4. The molecular weight excluding hydrogens is 396 g/mol. The highest BCUT2D eigenvalue weighted by Gasteiger charge is 2.51. The molecule has 0 bridgehead atoms. The zero-order valence-corrected chi connectivity index (χ0v) is 19.2. The number of carbonyl (C=O) groups excluding carboxylic acids is 3. The van der Waals surface area contributed by atoms with Crippen LogP contribution in [-0.2, 0) is 14.4 Å². The maximum Gasteiger partial charge on any atom is 0.255 e. The van der Waals surface area contributed by atoms with Crippen LogP contribution < -0.4 is 16.4 Å². The Labute approximate surface area is 185 Å². The van der Waals surface area contributed by atoms with Crippen LogP contribution in [0.5, 0.6) is 0 Å². The Kier molecular flexibility index (Phi) is 7.11. The van der Waals surface area contributed by atoms with E-state index in [1.807, 2.05) is 33.8 Å². The average molecular weight is 435 g/mol. The summed E-state index contributed by atoms with van der Waals surface area (Å²) < 4.78 is 0. The molecule has 5 N–H and O–H groups in total. The molecule has 3 amide bonds. The first-order chi connectivity index (χ1) is 14.5. The maximum atomic E-state index is 13.4. The summed E-state index contributed by atoms with van der Waals surface area (Å²) in [7, 11) is 0. The fraction of sp³-hybridized carbons (Fsp3) is 0.783. The molecule has 1 saturated heterocycles. The molecular formula is C23H38N4O4. The van der Waals surface area contributed by atoms with Crippen molar-refractivity contribution in [3.8, 4) is 0 Å². The maximum absolute atomic E-state index is 13.4. The van der Waals surface area contributed by atoms with Crippen LogP contribution in [0.2, 0.25) is 0 Å². The number of aliphatic hydroxyl groups is 1. The van der Waals surface area contributed by atoms with E-state index in [2.05, 4.69) is 10.6 Å². The molecule has 1 heterocycles. The van der Waals surface area contributed by atoms with E-state index in [1.165, 1.54) is 0 Å². The zero-order valence-electron chi connectivity index (χ0n) is 19.2. The van der Waals surface area contributed by atoms with E-state index in [4.69, 9.17) is 5.73 Å². The van der Waals surface area contributed by atoms with E-state index in [9.17, 15) is 19.5 Å². The molecule has 2 fully saturated rings. The normalized spacial score (nSPS) is 27.7. The van der Waals surface area contributed by atoms with Gasteiger partial charge in [-0.1, -0.05) is 46.6 Å². The number of nitrogens with two attached hydrogens (primary N) is 1. The zero-order chi connectivity index (χ0) is 22.9. The van der Waals surface area contributed by atoms with Gasteiger partial charge in [-0.05, 0) is 36.5 Å². The van der Waals surface area contributed by atoms with Gasteiger partial charge >= 0.3 is 0 Å². The van der Waals surface area contributed by atoms with Gasteiger partial charge < -0.3 is 26.4 Å². The number of allylic oxidation sites excluding steroid dienone is 2. The molecule has 0 aromatic rings. The predicted molar refractivity (Wildman–Crippen MR) is 117 cm³/mol. The fourth-order valence-electron chi connectivity index (χ4n) is 4.87. The van der Waals surface area contributed by atoms with Gasteiger partial charge in [0.1, 0.15) is 6.04 Å². The Morgan fingerprint density at radius 3 is 2.55 bits per heavy atom. The van der Waals surface area contributed by atoms with Gasteiger partial charge in [-0.2, -0.15) is 0 Å². The summed E-state index contributed by atoms with van der Waals surface area (Å²) in [6, 6.07) is -2.00. The van der Waals surface area contributed by atoms with Crippen LogP contribution in [0.3, 0.4) is 0 Å². The minimum absolute atomic E-state index is 0.0981. The molecule has 6 atom stereocenters. The molecule has 0 aromatic heterocycles. The third kappa shape index (κ3) is 5.29. The van der Waals surface area contributed by atoms with E-state index in [0.29, 0.717) is 25.3 Å². The number of nitrogens with one attached hydrogen (secondary N) is 2. The smallest absolute Gasteiger partial charge is 0.255 e. The van der Waals surface area contributed by atoms with Crippen LogP contribution >= 0.6 is 0 Å². The Hall–Kier alpha value is -1.93. The second-order valence-electron chi connectivity index (χ2n) is 10.4. The lowest BCUT2D eigenvalue weighted by molar-refractivity contribution is -0.143. The Bertz CT molecular complexity index is 744. The molecule has 174 valence electrons. The number of amides is 3. The Morgan fingerprint density at radius 1 is 1.29 bits per heavy atom. The number of likely N-dealkylation sites (tertiary alicyclic amines) is 1. The molecule has 1 saturated carbocycles. The highest BCUT2D eigenvalue weighted by Crippen LogP contribution is 2.43. The first kappa shape index (κ1) is 23.7. The largest absolute Gasteiger partial charge is 0.381 e. The van der Waals surface area contributed by atoms with E-state index < -0.39 is 35.6 Å². The molecule has 0 radical (unpaired) electrons.